The molecule has 27 heavy (non-hydrogen) atoms. The van der Waals surface area contributed by atoms with Crippen molar-refractivity contribution in [3.8, 4) is 0 Å². The molecule has 2 nitrogen and oxygen atoms in total. The molecule has 0 bridgehead atoms. The number of likely N-dealkylation sites (tertiary alicyclic amines) is 1. The van der Waals surface area contributed by atoms with Gasteiger partial charge in [0.2, 0.25) is 0 Å². The largest absolute Gasteiger partial charge is 0.416 e. The summed E-state index contributed by atoms with van der Waals surface area (Å²) in [6, 6.07) is 2.18. The van der Waals surface area contributed by atoms with Gasteiger partial charge in [-0.25, -0.2) is 0 Å². The second kappa shape index (κ2) is 8.71. The van der Waals surface area contributed by atoms with Crippen LogP contribution in [0.15, 0.2) is 12.1 Å². The molecular weight excluding hydrogens is 398 g/mol. The minimum atomic E-state index is -4.54. The van der Waals surface area contributed by atoms with Gasteiger partial charge in [-0.3, -0.25) is 4.79 Å². The van der Waals surface area contributed by atoms with E-state index in [9.17, 15) is 18.0 Å². The lowest BCUT2D eigenvalue weighted by atomic mass is 9.94. The molecule has 0 radical (unpaired) electrons. The van der Waals surface area contributed by atoms with E-state index in [1.807, 2.05) is 0 Å². The number of rotatable bonds is 6. The summed E-state index contributed by atoms with van der Waals surface area (Å²) in [4.78, 5) is 15.1. The number of carbonyl (C=O) groups excluding carboxylic acids is 1. The van der Waals surface area contributed by atoms with E-state index in [-0.39, 0.29) is 27.8 Å². The molecule has 150 valence electrons. The van der Waals surface area contributed by atoms with Crippen LogP contribution in [0.25, 0.3) is 0 Å². The van der Waals surface area contributed by atoms with Gasteiger partial charge in [-0.15, -0.1) is 0 Å². The van der Waals surface area contributed by atoms with Crippen LogP contribution >= 0.6 is 23.2 Å². The fourth-order valence-electron chi connectivity index (χ4n) is 4.56. The summed E-state index contributed by atoms with van der Waals surface area (Å²) >= 11 is 11.9. The molecule has 2 atom stereocenters. The number of benzene rings is 1. The fourth-order valence-corrected chi connectivity index (χ4v) is 5.26. The normalized spacial score (nSPS) is 23.9. The van der Waals surface area contributed by atoms with Crippen LogP contribution in [0.1, 0.15) is 67.3 Å². The van der Waals surface area contributed by atoms with Crippen molar-refractivity contribution < 1.29 is 18.0 Å². The Kier molecular flexibility index (Phi) is 6.75. The Morgan fingerprint density at radius 1 is 1.07 bits per heavy atom. The van der Waals surface area contributed by atoms with Crippen molar-refractivity contribution in [1.82, 2.24) is 4.90 Å². The Morgan fingerprint density at radius 2 is 1.70 bits per heavy atom. The van der Waals surface area contributed by atoms with Crippen LogP contribution in [0.5, 0.6) is 0 Å². The van der Waals surface area contributed by atoms with Crippen LogP contribution in [-0.4, -0.2) is 29.8 Å². The van der Waals surface area contributed by atoms with Gasteiger partial charge in [0.25, 0.3) is 0 Å². The zero-order valence-corrected chi connectivity index (χ0v) is 16.6. The van der Waals surface area contributed by atoms with Gasteiger partial charge in [0, 0.05) is 12.5 Å². The van der Waals surface area contributed by atoms with Gasteiger partial charge < -0.3 is 4.90 Å². The molecule has 1 aromatic carbocycles. The molecular formula is C20H24Cl2F3NO. The minimum absolute atomic E-state index is 0.00819. The third-order valence-electron chi connectivity index (χ3n) is 5.86. The molecule has 1 saturated heterocycles. The fraction of sp³-hybridized carbons (Fsp3) is 0.650. The Hall–Kier alpha value is -0.780. The number of Topliss-reactive ketones (excluding diaryl/α,β-unsaturated/α-hetero) is 1. The molecule has 0 spiro atoms. The van der Waals surface area contributed by atoms with Crippen LogP contribution < -0.4 is 0 Å². The van der Waals surface area contributed by atoms with E-state index in [0.717, 1.165) is 18.6 Å². The molecule has 1 heterocycles. The van der Waals surface area contributed by atoms with Crippen LogP contribution in [0.4, 0.5) is 13.2 Å². The standard InChI is InChI=1S/C20H24Cl2F3NO/c21-15-11-14(20(23,24)25)12-16(22)19(15)18(27)8-4-6-13-5-3-7-17(13)26-9-1-2-10-26/h11-13,17H,1-10H2. The molecule has 7 heteroatoms. The van der Waals surface area contributed by atoms with Crippen molar-refractivity contribution >= 4 is 29.0 Å². The van der Waals surface area contributed by atoms with E-state index in [0.29, 0.717) is 18.4 Å². The molecule has 1 saturated carbocycles. The highest BCUT2D eigenvalue weighted by Crippen LogP contribution is 2.38. The van der Waals surface area contributed by atoms with Crippen molar-refractivity contribution in [3.05, 3.63) is 33.3 Å². The molecule has 0 aromatic heterocycles. The van der Waals surface area contributed by atoms with Crippen LogP contribution in [0.2, 0.25) is 10.0 Å². The molecule has 0 amide bonds. The topological polar surface area (TPSA) is 20.3 Å². The first-order valence-electron chi connectivity index (χ1n) is 9.61. The number of ketones is 1. The van der Waals surface area contributed by atoms with E-state index in [1.165, 1.54) is 45.2 Å². The maximum Gasteiger partial charge on any atom is 0.416 e. The summed E-state index contributed by atoms with van der Waals surface area (Å²) < 4.78 is 38.4. The van der Waals surface area contributed by atoms with Crippen molar-refractivity contribution in [2.24, 2.45) is 5.92 Å². The summed E-state index contributed by atoms with van der Waals surface area (Å²) in [6.07, 6.45) is 3.59. The molecule has 2 fully saturated rings. The average molecular weight is 422 g/mol. The van der Waals surface area contributed by atoms with Crippen molar-refractivity contribution in [3.63, 3.8) is 0 Å². The second-order valence-electron chi connectivity index (χ2n) is 7.63. The third kappa shape index (κ3) is 4.99. The highest BCUT2D eigenvalue weighted by molar-refractivity contribution is 6.40. The average Bonchev–Trinajstić information content (AvgIpc) is 3.24. The Labute approximate surface area is 168 Å². The summed E-state index contributed by atoms with van der Waals surface area (Å²) in [7, 11) is 0. The zero-order chi connectivity index (χ0) is 19.6. The van der Waals surface area contributed by atoms with E-state index in [2.05, 4.69) is 4.90 Å². The van der Waals surface area contributed by atoms with Crippen LogP contribution in [0.3, 0.4) is 0 Å². The molecule has 1 aliphatic carbocycles. The lowest BCUT2D eigenvalue weighted by Crippen LogP contribution is -2.35. The predicted octanol–water partition coefficient (Wildman–Crippen LogP) is 6.63. The number of carbonyl (C=O) groups is 1. The van der Waals surface area contributed by atoms with Crippen molar-refractivity contribution in [1.29, 1.82) is 0 Å². The lowest BCUT2D eigenvalue weighted by Gasteiger charge is -2.29. The number of hydrogen-bond acceptors (Lipinski definition) is 2. The monoisotopic (exact) mass is 421 g/mol. The number of nitrogens with zero attached hydrogens (tertiary/aromatic N) is 1. The molecule has 3 rings (SSSR count). The van der Waals surface area contributed by atoms with Crippen molar-refractivity contribution in [2.75, 3.05) is 13.1 Å². The number of halogens is 5. The summed E-state index contributed by atoms with van der Waals surface area (Å²) in [5, 5.41) is -0.453. The molecule has 1 aliphatic heterocycles. The highest BCUT2D eigenvalue weighted by Gasteiger charge is 2.34. The van der Waals surface area contributed by atoms with Gasteiger partial charge in [0.05, 0.1) is 21.2 Å². The van der Waals surface area contributed by atoms with E-state index in [1.54, 1.807) is 0 Å². The SMILES string of the molecule is O=C(CCCC1CCCC1N1CCCC1)c1c(Cl)cc(C(F)(F)F)cc1Cl. The van der Waals surface area contributed by atoms with E-state index < -0.39 is 11.7 Å². The first-order valence-corrected chi connectivity index (χ1v) is 10.4. The third-order valence-corrected chi connectivity index (χ3v) is 6.45. The summed E-state index contributed by atoms with van der Waals surface area (Å²) in [6.45, 7) is 2.35. The van der Waals surface area contributed by atoms with Gasteiger partial charge in [-0.2, -0.15) is 13.2 Å². The first-order chi connectivity index (χ1) is 12.8. The smallest absolute Gasteiger partial charge is 0.300 e. The van der Waals surface area contributed by atoms with Gasteiger partial charge in [0.15, 0.2) is 5.78 Å². The van der Waals surface area contributed by atoms with Gasteiger partial charge in [-0.05, 0) is 69.7 Å². The van der Waals surface area contributed by atoms with Crippen LogP contribution in [0, 0.1) is 5.92 Å². The molecule has 2 aliphatic rings. The highest BCUT2D eigenvalue weighted by atomic mass is 35.5. The lowest BCUT2D eigenvalue weighted by molar-refractivity contribution is -0.137. The number of hydrogen-bond donors (Lipinski definition) is 0. The van der Waals surface area contributed by atoms with Crippen LogP contribution in [-0.2, 0) is 6.18 Å². The Bertz CT molecular complexity index is 663. The maximum absolute atomic E-state index is 12.8. The summed E-state index contributed by atoms with van der Waals surface area (Å²) in [5.74, 6) is 0.323. The van der Waals surface area contributed by atoms with Gasteiger partial charge >= 0.3 is 6.18 Å². The van der Waals surface area contributed by atoms with Gasteiger partial charge in [0.1, 0.15) is 0 Å². The quantitative estimate of drug-likeness (QED) is 0.480. The second-order valence-corrected chi connectivity index (χ2v) is 8.44. The minimum Gasteiger partial charge on any atom is -0.300 e. The van der Waals surface area contributed by atoms with E-state index >= 15 is 0 Å². The zero-order valence-electron chi connectivity index (χ0n) is 15.1. The number of alkyl halides is 3. The van der Waals surface area contributed by atoms with E-state index in [4.69, 9.17) is 23.2 Å². The van der Waals surface area contributed by atoms with Crippen molar-refractivity contribution in [2.45, 2.75) is 63.6 Å². The maximum atomic E-state index is 12.8. The summed E-state index contributed by atoms with van der Waals surface area (Å²) in [5.41, 5.74) is -0.928. The molecule has 2 unspecified atom stereocenters. The first kappa shape index (κ1) is 20.9. The Morgan fingerprint density at radius 3 is 2.30 bits per heavy atom. The Balaban J connectivity index is 1.58. The molecule has 1 aromatic rings. The molecule has 0 N–H and O–H groups in total. The predicted molar refractivity (Wildman–Crippen MR) is 102 cm³/mol. The van der Waals surface area contributed by atoms with Gasteiger partial charge in [-0.1, -0.05) is 29.6 Å².